The van der Waals surface area contributed by atoms with E-state index >= 15 is 0 Å². The van der Waals surface area contributed by atoms with Crippen molar-refractivity contribution >= 4 is 21.6 Å². The first-order chi connectivity index (χ1) is 13.9. The summed E-state index contributed by atoms with van der Waals surface area (Å²) in [7, 11) is -2.23. The summed E-state index contributed by atoms with van der Waals surface area (Å²) in [5.74, 6) is -0.224. The van der Waals surface area contributed by atoms with Gasteiger partial charge in [-0.15, -0.1) is 0 Å². The van der Waals surface area contributed by atoms with Crippen molar-refractivity contribution in [3.8, 4) is 0 Å². The third-order valence-corrected chi connectivity index (χ3v) is 7.12. The first kappa shape index (κ1) is 21.3. The van der Waals surface area contributed by atoms with Crippen LogP contribution in [0.15, 0.2) is 59.5 Å². The number of amides is 1. The van der Waals surface area contributed by atoms with Crippen molar-refractivity contribution in [1.82, 2.24) is 10.2 Å². The maximum Gasteiger partial charge on any atom is 0.264 e. The SMILES string of the molecule is CCCN1CCC(NC(=O)c2cccc(S(=O)(=O)N(C)c3ccccc3)c2)CC1. The lowest BCUT2D eigenvalue weighted by Gasteiger charge is -2.32. The molecule has 29 heavy (non-hydrogen) atoms. The normalized spacial score (nSPS) is 15.8. The fourth-order valence-corrected chi connectivity index (χ4v) is 4.86. The topological polar surface area (TPSA) is 69.7 Å². The minimum atomic E-state index is -3.75. The summed E-state index contributed by atoms with van der Waals surface area (Å²) >= 11 is 0. The first-order valence-electron chi connectivity index (χ1n) is 10.1. The van der Waals surface area contributed by atoms with Crippen molar-refractivity contribution < 1.29 is 13.2 Å². The molecule has 6 nitrogen and oxygen atoms in total. The van der Waals surface area contributed by atoms with Gasteiger partial charge in [-0.05, 0) is 56.1 Å². The molecule has 1 amide bonds. The molecule has 3 rings (SSSR count). The first-order valence-corrected chi connectivity index (χ1v) is 11.5. The predicted octanol–water partition coefficient (Wildman–Crippen LogP) is 3.12. The number of para-hydroxylation sites is 1. The lowest BCUT2D eigenvalue weighted by Crippen LogP contribution is -2.44. The third-order valence-electron chi connectivity index (χ3n) is 5.34. The van der Waals surface area contributed by atoms with Crippen molar-refractivity contribution in [3.63, 3.8) is 0 Å². The Bertz CT molecular complexity index is 923. The molecule has 0 aromatic heterocycles. The van der Waals surface area contributed by atoms with Crippen LogP contribution >= 0.6 is 0 Å². The van der Waals surface area contributed by atoms with Crippen LogP contribution in [0.1, 0.15) is 36.5 Å². The number of nitrogens with zero attached hydrogens (tertiary/aromatic N) is 2. The number of benzene rings is 2. The molecule has 1 aliphatic rings. The molecule has 0 aliphatic carbocycles. The fraction of sp³-hybridized carbons (Fsp3) is 0.409. The van der Waals surface area contributed by atoms with E-state index in [9.17, 15) is 13.2 Å². The van der Waals surface area contributed by atoms with Gasteiger partial charge in [-0.1, -0.05) is 31.2 Å². The van der Waals surface area contributed by atoms with Gasteiger partial charge in [-0.25, -0.2) is 8.42 Å². The van der Waals surface area contributed by atoms with E-state index in [4.69, 9.17) is 0 Å². The molecule has 0 bridgehead atoms. The van der Waals surface area contributed by atoms with Gasteiger partial charge in [0.2, 0.25) is 0 Å². The van der Waals surface area contributed by atoms with Crippen LogP contribution in [-0.4, -0.2) is 51.9 Å². The second-order valence-corrected chi connectivity index (χ2v) is 9.39. The molecular formula is C22H29N3O3S. The quantitative estimate of drug-likeness (QED) is 0.754. The predicted molar refractivity (Wildman–Crippen MR) is 116 cm³/mol. The summed E-state index contributed by atoms with van der Waals surface area (Å²) in [6.07, 6.45) is 2.97. The molecule has 156 valence electrons. The molecule has 7 heteroatoms. The monoisotopic (exact) mass is 415 g/mol. The molecule has 2 aromatic carbocycles. The number of carbonyl (C=O) groups is 1. The van der Waals surface area contributed by atoms with Crippen molar-refractivity contribution in [2.45, 2.75) is 37.1 Å². The largest absolute Gasteiger partial charge is 0.349 e. The molecule has 1 heterocycles. The summed E-state index contributed by atoms with van der Waals surface area (Å²) in [5.41, 5.74) is 0.935. The highest BCUT2D eigenvalue weighted by atomic mass is 32.2. The van der Waals surface area contributed by atoms with E-state index in [2.05, 4.69) is 17.1 Å². The second-order valence-electron chi connectivity index (χ2n) is 7.43. The lowest BCUT2D eigenvalue weighted by atomic mass is 10.0. The van der Waals surface area contributed by atoms with Crippen LogP contribution in [0.5, 0.6) is 0 Å². The minimum Gasteiger partial charge on any atom is -0.349 e. The van der Waals surface area contributed by atoms with E-state index in [1.807, 2.05) is 6.07 Å². The van der Waals surface area contributed by atoms with Crippen molar-refractivity contribution in [3.05, 3.63) is 60.2 Å². The number of hydrogen-bond donors (Lipinski definition) is 1. The highest BCUT2D eigenvalue weighted by Crippen LogP contribution is 2.22. The van der Waals surface area contributed by atoms with Gasteiger partial charge in [0, 0.05) is 31.7 Å². The van der Waals surface area contributed by atoms with Gasteiger partial charge in [0.25, 0.3) is 15.9 Å². The van der Waals surface area contributed by atoms with Gasteiger partial charge >= 0.3 is 0 Å². The number of carbonyl (C=O) groups excluding carboxylic acids is 1. The second kappa shape index (κ2) is 9.41. The Morgan fingerprint density at radius 1 is 1.10 bits per heavy atom. The number of likely N-dealkylation sites (tertiary alicyclic amines) is 1. The zero-order valence-electron chi connectivity index (χ0n) is 17.0. The smallest absolute Gasteiger partial charge is 0.264 e. The number of anilines is 1. The number of hydrogen-bond acceptors (Lipinski definition) is 4. The van der Waals surface area contributed by atoms with E-state index in [0.29, 0.717) is 11.3 Å². The van der Waals surface area contributed by atoms with Crippen LogP contribution in [0, 0.1) is 0 Å². The molecule has 2 aromatic rings. The average molecular weight is 416 g/mol. The Morgan fingerprint density at radius 3 is 2.45 bits per heavy atom. The summed E-state index contributed by atoms with van der Waals surface area (Å²) < 4.78 is 27.2. The zero-order chi connectivity index (χ0) is 20.9. The summed E-state index contributed by atoms with van der Waals surface area (Å²) in [6, 6.07) is 15.3. The molecular weight excluding hydrogens is 386 g/mol. The van der Waals surface area contributed by atoms with Gasteiger partial charge in [0.1, 0.15) is 0 Å². The Balaban J connectivity index is 1.70. The average Bonchev–Trinajstić information content (AvgIpc) is 2.75. The number of sulfonamides is 1. The standard InChI is InChI=1S/C22H29N3O3S/c1-3-14-25-15-12-19(13-16-25)23-22(26)18-8-7-11-21(17-18)29(27,28)24(2)20-9-5-4-6-10-20/h4-11,17,19H,3,12-16H2,1-2H3,(H,23,26). The molecule has 1 aliphatic heterocycles. The van der Waals surface area contributed by atoms with Gasteiger partial charge in [-0.2, -0.15) is 0 Å². The molecule has 1 N–H and O–H groups in total. The highest BCUT2D eigenvalue weighted by Gasteiger charge is 2.24. The highest BCUT2D eigenvalue weighted by molar-refractivity contribution is 7.92. The van der Waals surface area contributed by atoms with E-state index in [-0.39, 0.29) is 16.8 Å². The van der Waals surface area contributed by atoms with E-state index in [1.54, 1.807) is 36.4 Å². The zero-order valence-corrected chi connectivity index (χ0v) is 17.9. The van der Waals surface area contributed by atoms with Crippen LogP contribution in [0.4, 0.5) is 5.69 Å². The number of rotatable bonds is 7. The van der Waals surface area contributed by atoms with Crippen molar-refractivity contribution in [2.24, 2.45) is 0 Å². The van der Waals surface area contributed by atoms with Crippen LogP contribution < -0.4 is 9.62 Å². The van der Waals surface area contributed by atoms with Crippen LogP contribution in [-0.2, 0) is 10.0 Å². The Morgan fingerprint density at radius 2 is 1.79 bits per heavy atom. The lowest BCUT2D eigenvalue weighted by molar-refractivity contribution is 0.0911. The Hall–Kier alpha value is -2.38. The maximum atomic E-state index is 13.0. The summed E-state index contributed by atoms with van der Waals surface area (Å²) in [4.78, 5) is 15.2. The Labute approximate surface area is 173 Å². The molecule has 1 saturated heterocycles. The molecule has 0 radical (unpaired) electrons. The molecule has 0 saturated carbocycles. The maximum absolute atomic E-state index is 13.0. The van der Waals surface area contributed by atoms with E-state index in [1.165, 1.54) is 23.5 Å². The van der Waals surface area contributed by atoms with Crippen LogP contribution in [0.25, 0.3) is 0 Å². The molecule has 0 atom stereocenters. The van der Waals surface area contributed by atoms with Gasteiger partial charge in [0.05, 0.1) is 10.6 Å². The van der Waals surface area contributed by atoms with Gasteiger partial charge < -0.3 is 10.2 Å². The third kappa shape index (κ3) is 5.16. The summed E-state index contributed by atoms with van der Waals surface area (Å²) in [5, 5.41) is 3.06. The van der Waals surface area contributed by atoms with E-state index < -0.39 is 10.0 Å². The van der Waals surface area contributed by atoms with Crippen molar-refractivity contribution in [2.75, 3.05) is 31.0 Å². The van der Waals surface area contributed by atoms with Crippen LogP contribution in [0.3, 0.4) is 0 Å². The summed E-state index contributed by atoms with van der Waals surface area (Å²) in [6.45, 7) is 5.23. The van der Waals surface area contributed by atoms with Crippen LogP contribution in [0.2, 0.25) is 0 Å². The Kier molecular flexibility index (Phi) is 6.92. The fourth-order valence-electron chi connectivity index (χ4n) is 3.62. The minimum absolute atomic E-state index is 0.106. The number of piperidine rings is 1. The molecule has 0 unspecified atom stereocenters. The molecule has 1 fully saturated rings. The van der Waals surface area contributed by atoms with Gasteiger partial charge in [0.15, 0.2) is 0 Å². The van der Waals surface area contributed by atoms with Crippen molar-refractivity contribution in [1.29, 1.82) is 0 Å². The van der Waals surface area contributed by atoms with Gasteiger partial charge in [-0.3, -0.25) is 9.10 Å². The van der Waals surface area contributed by atoms with E-state index in [0.717, 1.165) is 38.9 Å². The molecule has 0 spiro atoms. The number of nitrogens with one attached hydrogen (secondary N) is 1.